The molecule has 0 fully saturated rings. The Hall–Kier alpha value is -1.22. The van der Waals surface area contributed by atoms with Crippen LogP contribution in [-0.2, 0) is 5.75 Å². The number of halogens is 1. The molecule has 0 atom stereocenters. The highest BCUT2D eigenvalue weighted by Gasteiger charge is 2.17. The highest BCUT2D eigenvalue weighted by Crippen LogP contribution is 2.39. The zero-order chi connectivity index (χ0) is 13.8. The minimum absolute atomic E-state index is 0. The van der Waals surface area contributed by atoms with Crippen LogP contribution >= 0.6 is 24.2 Å². The Kier molecular flexibility index (Phi) is 5.92. The van der Waals surface area contributed by atoms with Crippen molar-refractivity contribution in [3.63, 3.8) is 0 Å². The first-order valence-electron chi connectivity index (χ1n) is 7.05. The molecule has 3 rings (SSSR count). The SMILES string of the molecule is CNCC/C=C1\c2ccccc2CSc2ccccc21.Cl. The van der Waals surface area contributed by atoms with Gasteiger partial charge in [0.25, 0.3) is 0 Å². The number of benzene rings is 2. The molecule has 1 aliphatic heterocycles. The molecule has 1 N–H and O–H groups in total. The molecule has 0 bridgehead atoms. The van der Waals surface area contributed by atoms with E-state index in [0.717, 1.165) is 18.7 Å². The number of hydrogen-bond acceptors (Lipinski definition) is 2. The topological polar surface area (TPSA) is 12.0 Å². The maximum atomic E-state index is 3.22. The van der Waals surface area contributed by atoms with Crippen molar-refractivity contribution >= 4 is 29.7 Å². The average molecular weight is 318 g/mol. The van der Waals surface area contributed by atoms with Gasteiger partial charge in [0.1, 0.15) is 0 Å². The second-order valence-electron chi connectivity index (χ2n) is 4.95. The highest BCUT2D eigenvalue weighted by molar-refractivity contribution is 7.98. The van der Waals surface area contributed by atoms with Gasteiger partial charge in [-0.1, -0.05) is 48.5 Å². The Morgan fingerprint density at radius 1 is 1.05 bits per heavy atom. The molecule has 0 aliphatic carbocycles. The monoisotopic (exact) mass is 317 g/mol. The number of fused-ring (bicyclic) bond motifs is 2. The van der Waals surface area contributed by atoms with Crippen LogP contribution in [0.4, 0.5) is 0 Å². The van der Waals surface area contributed by atoms with E-state index in [1.807, 2.05) is 18.8 Å². The van der Waals surface area contributed by atoms with Crippen LogP contribution in [0.5, 0.6) is 0 Å². The lowest BCUT2D eigenvalue weighted by atomic mass is 9.93. The second kappa shape index (κ2) is 7.69. The van der Waals surface area contributed by atoms with Crippen molar-refractivity contribution in [2.75, 3.05) is 13.6 Å². The van der Waals surface area contributed by atoms with Crippen molar-refractivity contribution in [1.82, 2.24) is 5.32 Å². The molecule has 0 radical (unpaired) electrons. The molecule has 21 heavy (non-hydrogen) atoms. The fourth-order valence-corrected chi connectivity index (χ4v) is 3.68. The number of hydrogen-bond donors (Lipinski definition) is 1. The molecule has 2 aromatic carbocycles. The summed E-state index contributed by atoms with van der Waals surface area (Å²) in [6, 6.07) is 17.5. The first-order valence-corrected chi connectivity index (χ1v) is 8.04. The fraction of sp³-hybridized carbons (Fsp3) is 0.222. The molecule has 2 aromatic rings. The van der Waals surface area contributed by atoms with Crippen LogP contribution in [0, 0.1) is 0 Å². The van der Waals surface area contributed by atoms with Crippen LogP contribution in [0.1, 0.15) is 23.1 Å². The summed E-state index contributed by atoms with van der Waals surface area (Å²) in [5, 5.41) is 3.22. The van der Waals surface area contributed by atoms with Gasteiger partial charge in [-0.3, -0.25) is 0 Å². The molecule has 0 aromatic heterocycles. The third-order valence-electron chi connectivity index (χ3n) is 3.61. The standard InChI is InChI=1S/C18H19NS.ClH/c1-19-12-6-10-16-15-8-3-2-7-14(15)13-20-18-11-5-4-9-17(16)18;/h2-5,7-11,19H,6,12-13H2,1H3;1H/b16-10+;. The van der Waals surface area contributed by atoms with E-state index in [0.29, 0.717) is 0 Å². The lowest BCUT2D eigenvalue weighted by molar-refractivity contribution is 0.808. The quantitative estimate of drug-likeness (QED) is 0.819. The van der Waals surface area contributed by atoms with E-state index in [-0.39, 0.29) is 12.4 Å². The summed E-state index contributed by atoms with van der Waals surface area (Å²) in [5.74, 6) is 1.05. The van der Waals surface area contributed by atoms with Crippen LogP contribution in [0.15, 0.2) is 59.5 Å². The first-order chi connectivity index (χ1) is 9.90. The summed E-state index contributed by atoms with van der Waals surface area (Å²) in [4.78, 5) is 1.39. The Balaban J connectivity index is 0.00000161. The summed E-state index contributed by atoms with van der Waals surface area (Å²) >= 11 is 1.94. The lowest BCUT2D eigenvalue weighted by Crippen LogP contribution is -2.06. The van der Waals surface area contributed by atoms with Crippen LogP contribution < -0.4 is 5.32 Å². The summed E-state index contributed by atoms with van der Waals surface area (Å²) in [5.41, 5.74) is 5.58. The van der Waals surface area contributed by atoms with Crippen molar-refractivity contribution in [2.45, 2.75) is 17.1 Å². The number of thioether (sulfide) groups is 1. The fourth-order valence-electron chi connectivity index (χ4n) is 2.61. The molecule has 110 valence electrons. The Morgan fingerprint density at radius 3 is 2.57 bits per heavy atom. The summed E-state index contributed by atoms with van der Waals surface area (Å²) < 4.78 is 0. The van der Waals surface area contributed by atoms with Gasteiger partial charge in [-0.25, -0.2) is 0 Å². The molecular formula is C18H20ClNS. The van der Waals surface area contributed by atoms with Gasteiger partial charge in [0.2, 0.25) is 0 Å². The van der Waals surface area contributed by atoms with Crippen LogP contribution in [0.2, 0.25) is 0 Å². The Morgan fingerprint density at radius 2 is 1.76 bits per heavy atom. The zero-order valence-corrected chi connectivity index (χ0v) is 13.8. The molecule has 0 saturated heterocycles. The van der Waals surface area contributed by atoms with Crippen molar-refractivity contribution < 1.29 is 0 Å². The minimum Gasteiger partial charge on any atom is -0.319 e. The molecule has 0 saturated carbocycles. The van der Waals surface area contributed by atoms with Crippen molar-refractivity contribution in [3.05, 3.63) is 71.3 Å². The maximum absolute atomic E-state index is 3.22. The molecular weight excluding hydrogens is 298 g/mol. The smallest absolute Gasteiger partial charge is 0.0238 e. The second-order valence-corrected chi connectivity index (χ2v) is 5.97. The summed E-state index contributed by atoms with van der Waals surface area (Å²) in [6.07, 6.45) is 3.43. The number of nitrogens with one attached hydrogen (secondary N) is 1. The van der Waals surface area contributed by atoms with Crippen LogP contribution in [0.25, 0.3) is 5.57 Å². The molecule has 0 amide bonds. The van der Waals surface area contributed by atoms with E-state index in [9.17, 15) is 0 Å². The van der Waals surface area contributed by atoms with E-state index >= 15 is 0 Å². The Labute approximate surface area is 137 Å². The van der Waals surface area contributed by atoms with E-state index in [4.69, 9.17) is 0 Å². The van der Waals surface area contributed by atoms with Gasteiger partial charge in [0.15, 0.2) is 0 Å². The zero-order valence-electron chi connectivity index (χ0n) is 12.1. The third-order valence-corrected chi connectivity index (χ3v) is 4.73. The van der Waals surface area contributed by atoms with Gasteiger partial charge >= 0.3 is 0 Å². The average Bonchev–Trinajstić information content (AvgIpc) is 2.66. The van der Waals surface area contributed by atoms with Crippen molar-refractivity contribution in [3.8, 4) is 0 Å². The number of rotatable bonds is 3. The molecule has 1 heterocycles. The van der Waals surface area contributed by atoms with Gasteiger partial charge in [-0.05, 0) is 48.3 Å². The Bertz CT molecular complexity index is 587. The molecule has 1 aliphatic rings. The van der Waals surface area contributed by atoms with Gasteiger partial charge < -0.3 is 5.32 Å². The van der Waals surface area contributed by atoms with Gasteiger partial charge in [0.05, 0.1) is 0 Å². The molecule has 0 spiro atoms. The maximum Gasteiger partial charge on any atom is 0.0238 e. The van der Waals surface area contributed by atoms with E-state index < -0.39 is 0 Å². The predicted octanol–water partition coefficient (Wildman–Crippen LogP) is 4.76. The molecule has 0 unspecified atom stereocenters. The minimum atomic E-state index is 0. The normalized spacial score (nSPS) is 14.8. The summed E-state index contributed by atoms with van der Waals surface area (Å²) in [6.45, 7) is 1.01. The van der Waals surface area contributed by atoms with E-state index in [2.05, 4.69) is 59.9 Å². The third kappa shape index (κ3) is 3.52. The molecule has 3 heteroatoms. The predicted molar refractivity (Wildman–Crippen MR) is 95.3 cm³/mol. The highest BCUT2D eigenvalue weighted by atomic mass is 35.5. The first kappa shape index (κ1) is 16.2. The lowest BCUT2D eigenvalue weighted by Gasteiger charge is -2.11. The van der Waals surface area contributed by atoms with Gasteiger partial charge in [-0.2, -0.15) is 0 Å². The van der Waals surface area contributed by atoms with Gasteiger partial charge in [-0.15, -0.1) is 24.2 Å². The van der Waals surface area contributed by atoms with Gasteiger partial charge in [0, 0.05) is 10.6 Å². The van der Waals surface area contributed by atoms with E-state index in [1.165, 1.54) is 27.2 Å². The largest absolute Gasteiger partial charge is 0.319 e. The van der Waals surface area contributed by atoms with E-state index in [1.54, 1.807) is 0 Å². The van der Waals surface area contributed by atoms with Crippen LogP contribution in [0.3, 0.4) is 0 Å². The molecule has 1 nitrogen and oxygen atoms in total. The van der Waals surface area contributed by atoms with Crippen molar-refractivity contribution in [1.29, 1.82) is 0 Å². The van der Waals surface area contributed by atoms with Crippen LogP contribution in [-0.4, -0.2) is 13.6 Å². The summed E-state index contributed by atoms with van der Waals surface area (Å²) in [7, 11) is 2.00. The van der Waals surface area contributed by atoms with Crippen molar-refractivity contribution in [2.24, 2.45) is 0 Å².